The highest BCUT2D eigenvalue weighted by molar-refractivity contribution is 6.00. The number of fused-ring (bicyclic) bond motifs is 1. The van der Waals surface area contributed by atoms with E-state index in [1.165, 1.54) is 16.2 Å². The Balaban J connectivity index is 2.20. The van der Waals surface area contributed by atoms with Crippen molar-refractivity contribution < 1.29 is 4.79 Å². The molecule has 0 radical (unpaired) electrons. The summed E-state index contributed by atoms with van der Waals surface area (Å²) in [4.78, 5) is 17.6. The number of aromatic nitrogens is 2. The first-order valence-electron chi connectivity index (χ1n) is 7.63. The molecule has 5 heteroatoms. The van der Waals surface area contributed by atoms with Gasteiger partial charge in [-0.3, -0.25) is 0 Å². The lowest BCUT2D eigenvalue weighted by Crippen LogP contribution is -2.32. The molecule has 0 spiro atoms. The minimum absolute atomic E-state index is 0.519. The van der Waals surface area contributed by atoms with Crippen LogP contribution in [0.3, 0.4) is 0 Å². The molecule has 2 N–H and O–H groups in total. The zero-order valence-corrected chi connectivity index (χ0v) is 13.6. The first-order valence-corrected chi connectivity index (χ1v) is 7.63. The fourth-order valence-corrected chi connectivity index (χ4v) is 3.08. The van der Waals surface area contributed by atoms with Crippen LogP contribution in [0.1, 0.15) is 18.2 Å². The van der Waals surface area contributed by atoms with Crippen LogP contribution in [-0.4, -0.2) is 15.6 Å². The summed E-state index contributed by atoms with van der Waals surface area (Å²) in [5.74, 6) is 0.519. The van der Waals surface area contributed by atoms with Gasteiger partial charge < -0.3 is 10.3 Å². The number of carbonyl (C=O) groups is 1. The summed E-state index contributed by atoms with van der Waals surface area (Å²) in [6.45, 7) is 4.25. The van der Waals surface area contributed by atoms with Gasteiger partial charge in [-0.1, -0.05) is 13.0 Å². The molecule has 0 atom stereocenters. The van der Waals surface area contributed by atoms with Crippen LogP contribution in [0.2, 0.25) is 0 Å². The summed E-state index contributed by atoms with van der Waals surface area (Å²) in [6, 6.07) is 10.8. The summed E-state index contributed by atoms with van der Waals surface area (Å²) in [5, 5.41) is 1.15. The Kier molecular flexibility index (Phi) is 3.78. The van der Waals surface area contributed by atoms with E-state index in [4.69, 9.17) is 5.73 Å². The Morgan fingerprint density at radius 2 is 2.09 bits per heavy atom. The van der Waals surface area contributed by atoms with Crippen molar-refractivity contribution in [2.75, 3.05) is 4.90 Å². The van der Waals surface area contributed by atoms with Crippen LogP contribution in [0.25, 0.3) is 10.9 Å². The zero-order chi connectivity index (χ0) is 16.6. The number of amides is 2. The van der Waals surface area contributed by atoms with Gasteiger partial charge >= 0.3 is 6.03 Å². The van der Waals surface area contributed by atoms with Crippen LogP contribution in [0, 0.1) is 6.92 Å². The quantitative estimate of drug-likeness (QED) is 0.802. The molecule has 0 aliphatic heterocycles. The second kappa shape index (κ2) is 5.76. The third-order valence-electron chi connectivity index (χ3n) is 4.32. The predicted molar refractivity (Wildman–Crippen MR) is 93.0 cm³/mol. The standard InChI is InChI=1S/C18H20N4O/c1-4-14-12(2)21(3)16-9-8-13(11-15(14)16)22(18(19)23)17-7-5-6-10-20-17/h5-11H,4H2,1-3H3,(H2,19,23). The molecule has 3 rings (SSSR count). The number of urea groups is 1. The number of aryl methyl sites for hydroxylation is 2. The van der Waals surface area contributed by atoms with Crippen LogP contribution < -0.4 is 10.6 Å². The lowest BCUT2D eigenvalue weighted by molar-refractivity contribution is 0.256. The van der Waals surface area contributed by atoms with Gasteiger partial charge in [0.1, 0.15) is 5.82 Å². The highest BCUT2D eigenvalue weighted by atomic mass is 16.2. The van der Waals surface area contributed by atoms with Gasteiger partial charge in [-0.2, -0.15) is 0 Å². The summed E-state index contributed by atoms with van der Waals surface area (Å²) in [5.41, 5.74) is 9.99. The van der Waals surface area contributed by atoms with Crippen molar-refractivity contribution in [3.63, 3.8) is 0 Å². The van der Waals surface area contributed by atoms with Crippen molar-refractivity contribution in [3.8, 4) is 0 Å². The van der Waals surface area contributed by atoms with Gasteiger partial charge in [-0.25, -0.2) is 14.7 Å². The second-order valence-corrected chi connectivity index (χ2v) is 5.54. The molecular formula is C18H20N4O. The SMILES string of the molecule is CCc1c(C)n(C)c2ccc(N(C(N)=O)c3ccccn3)cc12. The Morgan fingerprint density at radius 3 is 2.70 bits per heavy atom. The number of primary amides is 1. The minimum Gasteiger partial charge on any atom is -0.351 e. The molecule has 0 fully saturated rings. The van der Waals surface area contributed by atoms with Gasteiger partial charge in [0.15, 0.2) is 0 Å². The normalized spacial score (nSPS) is 10.9. The van der Waals surface area contributed by atoms with Crippen LogP contribution in [0.5, 0.6) is 0 Å². The number of pyridine rings is 1. The number of rotatable bonds is 3. The zero-order valence-electron chi connectivity index (χ0n) is 13.6. The van der Waals surface area contributed by atoms with Crippen molar-refractivity contribution in [1.29, 1.82) is 0 Å². The smallest absolute Gasteiger partial charge is 0.325 e. The highest BCUT2D eigenvalue weighted by Gasteiger charge is 2.18. The first kappa shape index (κ1) is 15.1. The van der Waals surface area contributed by atoms with Gasteiger partial charge in [0.25, 0.3) is 0 Å². The van der Waals surface area contributed by atoms with Crippen molar-refractivity contribution >= 4 is 28.4 Å². The third-order valence-corrected chi connectivity index (χ3v) is 4.32. The summed E-state index contributed by atoms with van der Waals surface area (Å²) in [7, 11) is 2.06. The van der Waals surface area contributed by atoms with Crippen LogP contribution >= 0.6 is 0 Å². The lowest BCUT2D eigenvalue weighted by Gasteiger charge is -2.19. The molecule has 2 amide bonds. The van der Waals surface area contributed by atoms with E-state index in [0.717, 1.165) is 23.0 Å². The van der Waals surface area contributed by atoms with Crippen LogP contribution in [0.4, 0.5) is 16.3 Å². The first-order chi connectivity index (χ1) is 11.0. The molecule has 2 aromatic heterocycles. The topological polar surface area (TPSA) is 64.2 Å². The van der Waals surface area contributed by atoms with Crippen molar-refractivity contribution in [2.45, 2.75) is 20.3 Å². The van der Waals surface area contributed by atoms with E-state index in [1.807, 2.05) is 30.3 Å². The fourth-order valence-electron chi connectivity index (χ4n) is 3.08. The molecular weight excluding hydrogens is 288 g/mol. The van der Waals surface area contributed by atoms with Crippen LogP contribution in [0.15, 0.2) is 42.6 Å². The number of nitrogens with two attached hydrogens (primary N) is 1. The van der Waals surface area contributed by atoms with E-state index in [-0.39, 0.29) is 0 Å². The van der Waals surface area contributed by atoms with Gasteiger partial charge in [0.05, 0.1) is 5.69 Å². The number of carbonyl (C=O) groups excluding carboxylic acids is 1. The molecule has 0 saturated heterocycles. The summed E-state index contributed by atoms with van der Waals surface area (Å²) < 4.78 is 2.17. The van der Waals surface area contributed by atoms with Gasteiger partial charge in [0, 0.05) is 29.8 Å². The van der Waals surface area contributed by atoms with E-state index in [9.17, 15) is 4.79 Å². The highest BCUT2D eigenvalue weighted by Crippen LogP contribution is 2.31. The molecule has 1 aromatic carbocycles. The monoisotopic (exact) mass is 308 g/mol. The number of benzene rings is 1. The van der Waals surface area contributed by atoms with E-state index in [0.29, 0.717) is 5.82 Å². The molecule has 23 heavy (non-hydrogen) atoms. The van der Waals surface area contributed by atoms with E-state index < -0.39 is 6.03 Å². The molecule has 118 valence electrons. The van der Waals surface area contributed by atoms with Gasteiger partial charge in [-0.15, -0.1) is 0 Å². The van der Waals surface area contributed by atoms with Crippen molar-refractivity contribution in [3.05, 3.63) is 53.9 Å². The number of hydrogen-bond acceptors (Lipinski definition) is 2. The molecule has 3 aromatic rings. The Hall–Kier alpha value is -2.82. The summed E-state index contributed by atoms with van der Waals surface area (Å²) >= 11 is 0. The predicted octanol–water partition coefficient (Wildman–Crippen LogP) is 3.66. The van der Waals surface area contributed by atoms with Gasteiger partial charge in [-0.05, 0) is 49.2 Å². The molecule has 5 nitrogen and oxygen atoms in total. The average molecular weight is 308 g/mol. The Labute approximate surface area is 135 Å². The van der Waals surface area contributed by atoms with Crippen molar-refractivity contribution in [2.24, 2.45) is 12.8 Å². The number of anilines is 2. The largest absolute Gasteiger partial charge is 0.351 e. The molecule has 0 unspecified atom stereocenters. The maximum absolute atomic E-state index is 12.0. The fraction of sp³-hybridized carbons (Fsp3) is 0.222. The van der Waals surface area contributed by atoms with Crippen LogP contribution in [-0.2, 0) is 13.5 Å². The van der Waals surface area contributed by atoms with E-state index in [2.05, 4.69) is 30.4 Å². The molecule has 2 heterocycles. The molecule has 0 aliphatic rings. The summed E-state index contributed by atoms with van der Waals surface area (Å²) in [6.07, 6.45) is 2.58. The van der Waals surface area contributed by atoms with E-state index in [1.54, 1.807) is 12.3 Å². The minimum atomic E-state index is -0.547. The van der Waals surface area contributed by atoms with Gasteiger partial charge in [0.2, 0.25) is 0 Å². The van der Waals surface area contributed by atoms with Crippen molar-refractivity contribution in [1.82, 2.24) is 9.55 Å². The van der Waals surface area contributed by atoms with E-state index >= 15 is 0 Å². The maximum atomic E-state index is 12.0. The third kappa shape index (κ3) is 2.44. The number of nitrogens with zero attached hydrogens (tertiary/aromatic N) is 3. The Bertz CT molecular complexity index is 868. The lowest BCUT2D eigenvalue weighted by atomic mass is 10.1. The molecule has 0 aliphatic carbocycles. The second-order valence-electron chi connectivity index (χ2n) is 5.54. The molecule has 0 bridgehead atoms. The average Bonchev–Trinajstić information content (AvgIpc) is 2.79. The Morgan fingerprint density at radius 1 is 1.30 bits per heavy atom. The number of hydrogen-bond donors (Lipinski definition) is 1. The maximum Gasteiger partial charge on any atom is 0.325 e. The molecule has 0 saturated carbocycles.